The molecule has 0 bridgehead atoms. The van der Waals surface area contributed by atoms with Crippen LogP contribution in [-0.2, 0) is 20.2 Å². The number of rotatable bonds is 5. The molecule has 7 nitrogen and oxygen atoms in total. The van der Waals surface area contributed by atoms with Gasteiger partial charge >= 0.3 is 0 Å². The first-order chi connectivity index (χ1) is 13.5. The lowest BCUT2D eigenvalue weighted by Crippen LogP contribution is -2.36. The molecule has 0 saturated carbocycles. The molecule has 28 heavy (non-hydrogen) atoms. The summed E-state index contributed by atoms with van der Waals surface area (Å²) in [5.74, 6) is 1.05. The maximum atomic E-state index is 11.3. The fourth-order valence-corrected chi connectivity index (χ4v) is 4.11. The van der Waals surface area contributed by atoms with Gasteiger partial charge in [0.15, 0.2) is 5.82 Å². The van der Waals surface area contributed by atoms with Crippen molar-refractivity contribution < 1.29 is 17.7 Å². The number of anilines is 1. The van der Waals surface area contributed by atoms with Gasteiger partial charge in [0.1, 0.15) is 0 Å². The average molecular weight is 399 g/mol. The van der Waals surface area contributed by atoms with E-state index in [2.05, 4.69) is 27.0 Å². The van der Waals surface area contributed by atoms with Gasteiger partial charge in [0, 0.05) is 24.5 Å². The van der Waals surface area contributed by atoms with Crippen LogP contribution in [0.3, 0.4) is 0 Å². The second kappa shape index (κ2) is 7.37. The van der Waals surface area contributed by atoms with Crippen molar-refractivity contribution in [2.75, 3.05) is 24.2 Å². The van der Waals surface area contributed by atoms with Crippen LogP contribution in [0.15, 0.2) is 59.1 Å². The lowest BCUT2D eigenvalue weighted by atomic mass is 9.73. The van der Waals surface area contributed by atoms with Gasteiger partial charge in [0.2, 0.25) is 10.0 Å². The first-order valence-corrected chi connectivity index (χ1v) is 10.9. The van der Waals surface area contributed by atoms with Gasteiger partial charge in [-0.25, -0.2) is 8.42 Å². The minimum absolute atomic E-state index is 0.334. The lowest BCUT2D eigenvalue weighted by molar-refractivity contribution is 0.0597. The van der Waals surface area contributed by atoms with Gasteiger partial charge in [0.25, 0.3) is 5.89 Å². The summed E-state index contributed by atoms with van der Waals surface area (Å²) in [6.45, 7) is 1.29. The molecule has 0 aliphatic carbocycles. The minimum Gasteiger partial charge on any atom is -0.381 e. The largest absolute Gasteiger partial charge is 0.381 e. The van der Waals surface area contributed by atoms with Crippen LogP contribution in [0.2, 0.25) is 0 Å². The number of ether oxygens (including phenoxy) is 1. The van der Waals surface area contributed by atoms with E-state index in [1.54, 1.807) is 24.3 Å². The molecule has 2 aromatic carbocycles. The van der Waals surface area contributed by atoms with Gasteiger partial charge in [-0.05, 0) is 42.7 Å². The molecule has 1 saturated heterocycles. The van der Waals surface area contributed by atoms with E-state index < -0.39 is 10.0 Å². The third-order valence-corrected chi connectivity index (χ3v) is 5.57. The number of sulfonamides is 1. The van der Waals surface area contributed by atoms with Gasteiger partial charge in [-0.2, -0.15) is 4.98 Å². The summed E-state index contributed by atoms with van der Waals surface area (Å²) in [4.78, 5) is 4.68. The van der Waals surface area contributed by atoms with Crippen molar-refractivity contribution in [3.63, 3.8) is 0 Å². The highest BCUT2D eigenvalue weighted by Gasteiger charge is 2.40. The van der Waals surface area contributed by atoms with Crippen molar-refractivity contribution in [2.45, 2.75) is 18.3 Å². The van der Waals surface area contributed by atoms with Crippen LogP contribution in [0.1, 0.15) is 24.2 Å². The Balaban J connectivity index is 1.66. The zero-order valence-electron chi connectivity index (χ0n) is 15.5. The summed E-state index contributed by atoms with van der Waals surface area (Å²) in [6.07, 6.45) is 2.68. The Kier molecular flexibility index (Phi) is 4.91. The summed E-state index contributed by atoms with van der Waals surface area (Å²) in [5, 5.41) is 4.29. The van der Waals surface area contributed by atoms with Crippen LogP contribution in [-0.4, -0.2) is 38.0 Å². The number of aromatic nitrogens is 2. The molecule has 0 spiro atoms. The van der Waals surface area contributed by atoms with Gasteiger partial charge in [-0.1, -0.05) is 35.5 Å². The normalized spacial score (nSPS) is 16.6. The van der Waals surface area contributed by atoms with Crippen molar-refractivity contribution in [1.29, 1.82) is 0 Å². The van der Waals surface area contributed by atoms with Crippen molar-refractivity contribution >= 4 is 15.7 Å². The van der Waals surface area contributed by atoms with Gasteiger partial charge in [-0.15, -0.1) is 0 Å². The molecule has 3 aromatic rings. The second-order valence-corrected chi connectivity index (χ2v) is 8.68. The number of nitrogens with one attached hydrogen (secondary N) is 1. The average Bonchev–Trinajstić information content (AvgIpc) is 3.19. The van der Waals surface area contributed by atoms with Crippen LogP contribution in [0, 0.1) is 0 Å². The third kappa shape index (κ3) is 3.79. The smallest absolute Gasteiger partial charge is 0.257 e. The molecule has 1 aliphatic heterocycles. The quantitative estimate of drug-likeness (QED) is 0.708. The highest BCUT2D eigenvalue weighted by atomic mass is 32.2. The molecule has 1 fully saturated rings. The number of nitrogens with zero attached hydrogens (tertiary/aromatic N) is 2. The van der Waals surface area contributed by atoms with Crippen LogP contribution in [0.5, 0.6) is 0 Å². The van der Waals surface area contributed by atoms with Crippen LogP contribution in [0.25, 0.3) is 11.5 Å². The third-order valence-electron chi connectivity index (χ3n) is 4.96. The standard InChI is InChI=1S/C20H21N3O4S/c1-28(24,25)23-17-9-7-15(8-10-17)18-21-19(22-27-18)20(11-13-26-14-12-20)16-5-3-2-4-6-16/h2-10,23H,11-14H2,1H3. The summed E-state index contributed by atoms with van der Waals surface area (Å²) in [6, 6.07) is 17.0. The van der Waals surface area contributed by atoms with E-state index in [0.717, 1.165) is 30.2 Å². The van der Waals surface area contributed by atoms with Crippen LogP contribution >= 0.6 is 0 Å². The SMILES string of the molecule is CS(=O)(=O)Nc1ccc(-c2nc(C3(c4ccccc4)CCOCC3)no2)cc1. The fourth-order valence-electron chi connectivity index (χ4n) is 3.55. The van der Waals surface area contributed by atoms with Crippen molar-refractivity contribution in [3.05, 3.63) is 66.0 Å². The van der Waals surface area contributed by atoms with Crippen LogP contribution < -0.4 is 4.72 Å². The molecule has 146 valence electrons. The van der Waals surface area contributed by atoms with E-state index in [1.807, 2.05) is 18.2 Å². The Hall–Kier alpha value is -2.71. The molecule has 8 heteroatoms. The maximum Gasteiger partial charge on any atom is 0.257 e. The highest BCUT2D eigenvalue weighted by molar-refractivity contribution is 7.92. The van der Waals surface area contributed by atoms with Gasteiger partial charge < -0.3 is 9.26 Å². The molecule has 2 heterocycles. The molecule has 1 aliphatic rings. The van der Waals surface area contributed by atoms with E-state index in [9.17, 15) is 8.42 Å². The van der Waals surface area contributed by atoms with E-state index in [0.29, 0.717) is 30.6 Å². The van der Waals surface area contributed by atoms with E-state index in [1.165, 1.54) is 0 Å². The van der Waals surface area contributed by atoms with Crippen LogP contribution in [0.4, 0.5) is 5.69 Å². The summed E-state index contributed by atoms with van der Waals surface area (Å²) < 4.78 is 36.2. The molecule has 0 unspecified atom stereocenters. The first-order valence-electron chi connectivity index (χ1n) is 9.02. The number of benzene rings is 2. The van der Waals surface area contributed by atoms with Crippen molar-refractivity contribution in [3.8, 4) is 11.5 Å². The molecule has 1 aromatic heterocycles. The predicted octanol–water partition coefficient (Wildman–Crippen LogP) is 3.20. The summed E-state index contributed by atoms with van der Waals surface area (Å²) >= 11 is 0. The predicted molar refractivity (Wildman–Crippen MR) is 105 cm³/mol. The Morgan fingerprint density at radius 1 is 1.00 bits per heavy atom. The first kappa shape index (κ1) is 18.6. The summed E-state index contributed by atoms with van der Waals surface area (Å²) in [5.41, 5.74) is 2.03. The summed E-state index contributed by atoms with van der Waals surface area (Å²) in [7, 11) is -3.32. The van der Waals surface area contributed by atoms with E-state index in [4.69, 9.17) is 9.26 Å². The van der Waals surface area contributed by atoms with Gasteiger partial charge in [0.05, 0.1) is 11.7 Å². The maximum absolute atomic E-state index is 11.3. The molecular weight excluding hydrogens is 378 g/mol. The zero-order chi connectivity index (χ0) is 19.6. The lowest BCUT2D eigenvalue weighted by Gasteiger charge is -2.34. The number of hydrogen-bond donors (Lipinski definition) is 1. The molecule has 0 amide bonds. The molecule has 1 N–H and O–H groups in total. The van der Waals surface area contributed by atoms with E-state index >= 15 is 0 Å². The minimum atomic E-state index is -3.32. The zero-order valence-corrected chi connectivity index (χ0v) is 16.3. The highest BCUT2D eigenvalue weighted by Crippen LogP contribution is 2.40. The topological polar surface area (TPSA) is 94.3 Å². The molecular formula is C20H21N3O4S. The second-order valence-electron chi connectivity index (χ2n) is 6.94. The fraction of sp³-hybridized carbons (Fsp3) is 0.300. The molecule has 4 rings (SSSR count). The molecule has 0 radical (unpaired) electrons. The Morgan fingerprint density at radius 2 is 1.68 bits per heavy atom. The van der Waals surface area contributed by atoms with E-state index in [-0.39, 0.29) is 5.41 Å². The van der Waals surface area contributed by atoms with Crippen molar-refractivity contribution in [1.82, 2.24) is 10.1 Å². The molecule has 0 atom stereocenters. The monoisotopic (exact) mass is 399 g/mol. The number of hydrogen-bond acceptors (Lipinski definition) is 6. The van der Waals surface area contributed by atoms with Gasteiger partial charge in [-0.3, -0.25) is 4.72 Å². The van der Waals surface area contributed by atoms with Crippen molar-refractivity contribution in [2.24, 2.45) is 0 Å². The Bertz CT molecular complexity index is 1040. The Labute approximate surface area is 163 Å². The Morgan fingerprint density at radius 3 is 2.32 bits per heavy atom.